The first-order valence-electron chi connectivity index (χ1n) is 16.4. The highest BCUT2D eigenvalue weighted by atomic mass is 35.5. The van der Waals surface area contributed by atoms with Crippen molar-refractivity contribution in [1.29, 1.82) is 0 Å². The lowest BCUT2D eigenvalue weighted by Crippen LogP contribution is -2.53. The van der Waals surface area contributed by atoms with Crippen molar-refractivity contribution in [3.05, 3.63) is 82.1 Å². The summed E-state index contributed by atoms with van der Waals surface area (Å²) >= 11 is 6.23. The van der Waals surface area contributed by atoms with E-state index in [2.05, 4.69) is 30.2 Å². The SMILES string of the molecule is C[C@@H](COc1ccnc2c1[C@H](C)CCC2)CC1Cc2ccc(OCC(=O)O)cc2C12CCC(Nc1cccc(Cl)c1)(C(=O)O)CC2. The minimum atomic E-state index is -1.12. The van der Waals surface area contributed by atoms with Gasteiger partial charge in [0, 0.05) is 28.2 Å². The molecule has 1 fully saturated rings. The molecule has 8 nitrogen and oxygen atoms in total. The van der Waals surface area contributed by atoms with Gasteiger partial charge in [-0.15, -0.1) is 0 Å². The molecule has 6 rings (SSSR count). The zero-order valence-electron chi connectivity index (χ0n) is 26.6. The monoisotopic (exact) mass is 646 g/mol. The van der Waals surface area contributed by atoms with E-state index in [9.17, 15) is 19.8 Å². The van der Waals surface area contributed by atoms with E-state index in [0.29, 0.717) is 54.7 Å². The number of rotatable bonds is 11. The third-order valence-corrected chi connectivity index (χ3v) is 10.9. The predicted molar refractivity (Wildman–Crippen MR) is 177 cm³/mol. The van der Waals surface area contributed by atoms with E-state index >= 15 is 0 Å². The molecule has 3 N–H and O–H groups in total. The van der Waals surface area contributed by atoms with Gasteiger partial charge in [0.05, 0.1) is 6.61 Å². The number of halogens is 1. The molecule has 1 unspecified atom stereocenters. The summed E-state index contributed by atoms with van der Waals surface area (Å²) in [5, 5.41) is 23.6. The molecule has 46 heavy (non-hydrogen) atoms. The van der Waals surface area contributed by atoms with E-state index in [0.717, 1.165) is 49.1 Å². The van der Waals surface area contributed by atoms with Gasteiger partial charge in [-0.05, 0) is 128 Å². The zero-order valence-corrected chi connectivity index (χ0v) is 27.3. The second-order valence-corrected chi connectivity index (χ2v) is 14.1. The molecule has 1 saturated carbocycles. The molecule has 3 aromatic rings. The maximum absolute atomic E-state index is 12.8. The Bertz CT molecular complexity index is 1600. The van der Waals surface area contributed by atoms with Gasteiger partial charge < -0.3 is 25.0 Å². The average Bonchev–Trinajstić information content (AvgIpc) is 3.31. The molecular weight excluding hydrogens is 604 g/mol. The van der Waals surface area contributed by atoms with Gasteiger partial charge in [0.1, 0.15) is 17.0 Å². The Kier molecular flexibility index (Phi) is 9.19. The molecule has 1 spiro atoms. The molecule has 0 amide bonds. The molecule has 3 atom stereocenters. The molecule has 1 aromatic heterocycles. The van der Waals surface area contributed by atoms with Crippen LogP contribution in [0.3, 0.4) is 0 Å². The van der Waals surface area contributed by atoms with Crippen LogP contribution in [0.25, 0.3) is 0 Å². The van der Waals surface area contributed by atoms with Gasteiger partial charge in [0.15, 0.2) is 6.61 Å². The van der Waals surface area contributed by atoms with Gasteiger partial charge in [-0.1, -0.05) is 37.6 Å². The van der Waals surface area contributed by atoms with Gasteiger partial charge in [-0.2, -0.15) is 0 Å². The first-order chi connectivity index (χ1) is 22.1. The van der Waals surface area contributed by atoms with Gasteiger partial charge in [0.25, 0.3) is 0 Å². The van der Waals surface area contributed by atoms with Crippen molar-refractivity contribution in [2.75, 3.05) is 18.5 Å². The number of pyridine rings is 1. The van der Waals surface area contributed by atoms with Gasteiger partial charge >= 0.3 is 11.9 Å². The van der Waals surface area contributed by atoms with Crippen LogP contribution >= 0.6 is 11.6 Å². The van der Waals surface area contributed by atoms with Crippen LogP contribution in [0.1, 0.15) is 87.1 Å². The number of hydrogen-bond donors (Lipinski definition) is 3. The van der Waals surface area contributed by atoms with Crippen molar-refractivity contribution >= 4 is 29.2 Å². The number of aromatic nitrogens is 1. The average molecular weight is 647 g/mol. The Balaban J connectivity index is 1.24. The van der Waals surface area contributed by atoms with Gasteiger partial charge in [-0.25, -0.2) is 9.59 Å². The standard InChI is InChI=1S/C37H43ClN2O6/c1-23(21-46-32-11-16-39-31-8-3-5-24(2)34(31)32)17-26-18-25-9-10-29(45-22-33(41)42)20-30(25)36(26)12-14-37(15-13-36,35(43)44)40-28-7-4-6-27(38)19-28/h4,6-7,9-11,16,19-20,23-24,26,40H,3,5,8,12-15,17-18,21-22H2,1-2H3,(H,41,42)(H,43,44)/t23-,24-,26?,36?,37?/m1/s1. The topological polar surface area (TPSA) is 118 Å². The van der Waals surface area contributed by atoms with Crippen molar-refractivity contribution < 1.29 is 29.3 Å². The second kappa shape index (κ2) is 13.1. The normalized spacial score (nSPS) is 25.7. The molecule has 2 aromatic carbocycles. The van der Waals surface area contributed by atoms with E-state index in [1.807, 2.05) is 36.5 Å². The number of carboxylic acids is 2. The van der Waals surface area contributed by atoms with Gasteiger partial charge in [0.2, 0.25) is 0 Å². The summed E-state index contributed by atoms with van der Waals surface area (Å²) in [6.07, 6.45) is 9.20. The molecule has 9 heteroatoms. The summed E-state index contributed by atoms with van der Waals surface area (Å²) in [6, 6.07) is 15.1. The zero-order chi connectivity index (χ0) is 32.5. The molecule has 0 saturated heterocycles. The lowest BCUT2D eigenvalue weighted by Gasteiger charge is -2.47. The number of benzene rings is 2. The molecule has 1 heterocycles. The Morgan fingerprint density at radius 3 is 2.63 bits per heavy atom. The maximum Gasteiger partial charge on any atom is 0.341 e. The highest BCUT2D eigenvalue weighted by Crippen LogP contribution is 2.56. The number of hydrogen-bond acceptors (Lipinski definition) is 6. The summed E-state index contributed by atoms with van der Waals surface area (Å²) in [5.74, 6) is 0.558. The second-order valence-electron chi connectivity index (χ2n) is 13.7. The molecule has 3 aliphatic rings. The summed E-state index contributed by atoms with van der Waals surface area (Å²) < 4.78 is 12.1. The maximum atomic E-state index is 12.8. The fraction of sp³-hybridized carbons (Fsp3) is 0.486. The fourth-order valence-electron chi connectivity index (χ4n) is 8.31. The summed E-state index contributed by atoms with van der Waals surface area (Å²) in [4.78, 5) is 28.7. The molecule has 3 aliphatic carbocycles. The van der Waals surface area contributed by atoms with Crippen LogP contribution in [0.5, 0.6) is 11.5 Å². The van der Waals surface area contributed by atoms with Crippen LogP contribution in [0.15, 0.2) is 54.7 Å². The van der Waals surface area contributed by atoms with Crippen molar-refractivity contribution in [1.82, 2.24) is 4.98 Å². The number of carbonyl (C=O) groups is 2. The van der Waals surface area contributed by atoms with Crippen molar-refractivity contribution in [3.8, 4) is 11.5 Å². The van der Waals surface area contributed by atoms with Crippen LogP contribution < -0.4 is 14.8 Å². The summed E-state index contributed by atoms with van der Waals surface area (Å²) in [6.45, 7) is 4.67. The summed E-state index contributed by atoms with van der Waals surface area (Å²) in [5.41, 5.74) is 4.11. The Morgan fingerprint density at radius 1 is 1.09 bits per heavy atom. The van der Waals surface area contributed by atoms with E-state index in [4.69, 9.17) is 21.1 Å². The predicted octanol–water partition coefficient (Wildman–Crippen LogP) is 7.66. The van der Waals surface area contributed by atoms with Crippen LogP contribution in [-0.2, 0) is 27.8 Å². The molecule has 0 radical (unpaired) electrons. The van der Waals surface area contributed by atoms with E-state index in [-0.39, 0.29) is 17.3 Å². The number of anilines is 1. The van der Waals surface area contributed by atoms with Crippen LogP contribution in [0, 0.1) is 11.8 Å². The first-order valence-corrected chi connectivity index (χ1v) is 16.8. The molecule has 244 valence electrons. The lowest BCUT2D eigenvalue weighted by atomic mass is 9.59. The largest absolute Gasteiger partial charge is 0.493 e. The minimum absolute atomic E-state index is 0.258. The number of fused-ring (bicyclic) bond motifs is 3. The third kappa shape index (κ3) is 6.41. The van der Waals surface area contributed by atoms with Crippen LogP contribution in [-0.4, -0.2) is 45.9 Å². The molecular formula is C37H43ClN2O6. The van der Waals surface area contributed by atoms with E-state index in [1.165, 1.54) is 11.1 Å². The quantitative estimate of drug-likeness (QED) is 0.194. The van der Waals surface area contributed by atoms with Crippen LogP contribution in [0.4, 0.5) is 5.69 Å². The third-order valence-electron chi connectivity index (χ3n) is 10.6. The molecule has 0 bridgehead atoms. The highest BCUT2D eigenvalue weighted by molar-refractivity contribution is 6.30. The number of ether oxygens (including phenoxy) is 2. The van der Waals surface area contributed by atoms with Crippen molar-refractivity contribution in [2.24, 2.45) is 11.8 Å². The smallest absolute Gasteiger partial charge is 0.341 e. The Hall–Kier alpha value is -3.78. The minimum Gasteiger partial charge on any atom is -0.493 e. The summed E-state index contributed by atoms with van der Waals surface area (Å²) in [7, 11) is 0. The van der Waals surface area contributed by atoms with Crippen LogP contribution in [0.2, 0.25) is 5.02 Å². The number of nitrogens with zero attached hydrogens (tertiary/aromatic N) is 1. The number of aryl methyl sites for hydroxylation is 1. The van der Waals surface area contributed by atoms with E-state index < -0.39 is 24.1 Å². The Morgan fingerprint density at radius 2 is 1.89 bits per heavy atom. The number of nitrogens with one attached hydrogen (secondary N) is 1. The number of aliphatic carboxylic acids is 2. The van der Waals surface area contributed by atoms with E-state index in [1.54, 1.807) is 12.1 Å². The first kappa shape index (κ1) is 32.2. The molecule has 0 aliphatic heterocycles. The van der Waals surface area contributed by atoms with Crippen molar-refractivity contribution in [3.63, 3.8) is 0 Å². The fourth-order valence-corrected chi connectivity index (χ4v) is 8.50. The van der Waals surface area contributed by atoms with Crippen molar-refractivity contribution in [2.45, 2.75) is 88.5 Å². The highest BCUT2D eigenvalue weighted by Gasteiger charge is 2.54. The lowest BCUT2D eigenvalue weighted by molar-refractivity contribution is -0.144. The Labute approximate surface area is 275 Å². The van der Waals surface area contributed by atoms with Gasteiger partial charge in [-0.3, -0.25) is 4.98 Å². The number of carboxylic acid groups (broad SMARTS) is 2.